The summed E-state index contributed by atoms with van der Waals surface area (Å²) < 4.78 is 10.7. The molecule has 0 atom stereocenters. The van der Waals surface area contributed by atoms with Gasteiger partial charge in [-0.2, -0.15) is 4.98 Å². The highest BCUT2D eigenvalue weighted by molar-refractivity contribution is 5.90. The first-order chi connectivity index (χ1) is 18.7. The van der Waals surface area contributed by atoms with Gasteiger partial charge >= 0.3 is 6.09 Å². The van der Waals surface area contributed by atoms with Crippen molar-refractivity contribution in [3.63, 3.8) is 0 Å². The van der Waals surface area contributed by atoms with Crippen molar-refractivity contribution in [1.29, 1.82) is 0 Å². The van der Waals surface area contributed by atoms with Crippen molar-refractivity contribution in [2.24, 2.45) is 5.41 Å². The topological polar surface area (TPSA) is 114 Å². The molecule has 1 aromatic carbocycles. The molecule has 2 amide bonds. The number of nitrogens with zero attached hydrogens (tertiary/aromatic N) is 5. The van der Waals surface area contributed by atoms with Gasteiger partial charge in [0, 0.05) is 55.3 Å². The fourth-order valence-corrected chi connectivity index (χ4v) is 5.17. The first-order valence-electron chi connectivity index (χ1n) is 13.6. The van der Waals surface area contributed by atoms with Crippen molar-refractivity contribution in [3.8, 4) is 11.1 Å². The van der Waals surface area contributed by atoms with Crippen LogP contribution in [0.25, 0.3) is 11.1 Å². The fraction of sp³-hybridized carbons (Fsp3) is 0.500. The minimum absolute atomic E-state index is 0.0358. The number of benzene rings is 1. The van der Waals surface area contributed by atoms with E-state index in [9.17, 15) is 9.59 Å². The molecule has 0 saturated carbocycles. The van der Waals surface area contributed by atoms with Crippen molar-refractivity contribution in [1.82, 2.24) is 25.3 Å². The van der Waals surface area contributed by atoms with E-state index in [0.717, 1.165) is 54.1 Å². The number of amides is 2. The summed E-state index contributed by atoms with van der Waals surface area (Å²) in [6.45, 7) is 17.1. The number of nitrogens with one attached hydrogen (secondary N) is 1. The van der Waals surface area contributed by atoms with Gasteiger partial charge in [0.1, 0.15) is 5.60 Å². The van der Waals surface area contributed by atoms with Gasteiger partial charge in [0.05, 0.1) is 11.9 Å². The number of hydrogen-bond acceptors (Lipinski definition) is 8. The Morgan fingerprint density at radius 2 is 1.80 bits per heavy atom. The second-order valence-corrected chi connectivity index (χ2v) is 13.1. The fourth-order valence-electron chi connectivity index (χ4n) is 5.17. The number of likely N-dealkylation sites (tertiary alicyclic amines) is 1. The third-order valence-corrected chi connectivity index (χ3v) is 7.26. The molecule has 4 heterocycles. The summed E-state index contributed by atoms with van der Waals surface area (Å²) in [5.74, 6) is 0.0952. The van der Waals surface area contributed by atoms with Gasteiger partial charge in [0.15, 0.2) is 0 Å². The average molecular weight is 547 g/mol. The van der Waals surface area contributed by atoms with Crippen LogP contribution in [0.1, 0.15) is 69.2 Å². The van der Waals surface area contributed by atoms with Crippen molar-refractivity contribution < 1.29 is 18.8 Å². The van der Waals surface area contributed by atoms with Gasteiger partial charge in [-0.15, -0.1) is 0 Å². The molecule has 1 spiro atoms. The predicted octanol–water partition coefficient (Wildman–Crippen LogP) is 4.72. The maximum absolute atomic E-state index is 12.6. The molecule has 10 nitrogen and oxygen atoms in total. The van der Waals surface area contributed by atoms with Gasteiger partial charge in [-0.1, -0.05) is 44.1 Å². The lowest BCUT2D eigenvalue weighted by atomic mass is 9.72. The Bertz CT molecular complexity index is 1420. The maximum Gasteiger partial charge on any atom is 0.410 e. The Morgan fingerprint density at radius 1 is 1.07 bits per heavy atom. The van der Waals surface area contributed by atoms with E-state index in [-0.39, 0.29) is 28.7 Å². The van der Waals surface area contributed by atoms with Crippen molar-refractivity contribution >= 4 is 17.7 Å². The maximum atomic E-state index is 12.6. The number of pyridine rings is 1. The van der Waals surface area contributed by atoms with Crippen molar-refractivity contribution in [3.05, 3.63) is 59.5 Å². The molecule has 2 fully saturated rings. The first kappa shape index (κ1) is 27.6. The second kappa shape index (κ2) is 9.91. The minimum atomic E-state index is -0.486. The summed E-state index contributed by atoms with van der Waals surface area (Å²) in [7, 11) is 0. The van der Waals surface area contributed by atoms with Crippen LogP contribution in [0.4, 0.5) is 10.5 Å². The van der Waals surface area contributed by atoms with Gasteiger partial charge in [-0.3, -0.25) is 9.78 Å². The zero-order valence-electron chi connectivity index (χ0n) is 24.4. The number of carbonyl (C=O) groups excluding carboxylic acids is 2. The van der Waals surface area contributed by atoms with Crippen LogP contribution in [0.5, 0.6) is 0 Å². The largest absolute Gasteiger partial charge is 0.444 e. The smallest absolute Gasteiger partial charge is 0.410 e. The Balaban J connectivity index is 1.21. The van der Waals surface area contributed by atoms with Crippen LogP contribution < -0.4 is 10.2 Å². The molecule has 212 valence electrons. The molecule has 10 heteroatoms. The summed E-state index contributed by atoms with van der Waals surface area (Å²) in [5, 5.41) is 6.72. The van der Waals surface area contributed by atoms with E-state index in [1.54, 1.807) is 4.90 Å². The summed E-state index contributed by atoms with van der Waals surface area (Å²) in [5.41, 5.74) is 4.66. The third kappa shape index (κ3) is 5.66. The number of carbonyl (C=O) groups is 2. The average Bonchev–Trinajstić information content (AvgIpc) is 3.32. The lowest BCUT2D eigenvalue weighted by Crippen LogP contribution is -2.73. The molecule has 2 aliphatic rings. The monoisotopic (exact) mass is 546 g/mol. The van der Waals surface area contributed by atoms with Crippen LogP contribution in [0, 0.1) is 12.3 Å². The quantitative estimate of drug-likeness (QED) is 0.489. The van der Waals surface area contributed by atoms with Gasteiger partial charge in [0.25, 0.3) is 11.7 Å². The third-order valence-electron chi connectivity index (χ3n) is 7.26. The highest BCUT2D eigenvalue weighted by Gasteiger charge is 2.54. The van der Waals surface area contributed by atoms with Gasteiger partial charge < -0.3 is 24.4 Å². The van der Waals surface area contributed by atoms with Crippen molar-refractivity contribution in [2.45, 2.75) is 66.0 Å². The summed E-state index contributed by atoms with van der Waals surface area (Å²) in [6, 6.07) is 8.28. The molecule has 3 aromatic rings. The van der Waals surface area contributed by atoms with Crippen LogP contribution in [0.3, 0.4) is 0 Å². The molecule has 2 aliphatic heterocycles. The Hall–Kier alpha value is -3.95. The lowest BCUT2D eigenvalue weighted by Gasteiger charge is -2.60. The molecule has 0 bridgehead atoms. The van der Waals surface area contributed by atoms with Crippen LogP contribution in [-0.4, -0.2) is 63.8 Å². The van der Waals surface area contributed by atoms with E-state index < -0.39 is 5.60 Å². The molecule has 0 radical (unpaired) electrons. The summed E-state index contributed by atoms with van der Waals surface area (Å²) >= 11 is 0. The number of aromatic nitrogens is 3. The van der Waals surface area contributed by atoms with Crippen LogP contribution in [-0.2, 0) is 16.7 Å². The molecular weight excluding hydrogens is 508 g/mol. The van der Waals surface area contributed by atoms with E-state index in [2.05, 4.69) is 37.5 Å². The van der Waals surface area contributed by atoms with E-state index in [1.807, 2.05) is 73.0 Å². The number of rotatable bonds is 5. The Kier molecular flexibility index (Phi) is 6.84. The van der Waals surface area contributed by atoms with Crippen LogP contribution in [0.2, 0.25) is 0 Å². The predicted molar refractivity (Wildman–Crippen MR) is 151 cm³/mol. The molecule has 2 aromatic heterocycles. The van der Waals surface area contributed by atoms with E-state index >= 15 is 0 Å². The van der Waals surface area contributed by atoms with Crippen molar-refractivity contribution in [2.75, 3.05) is 31.1 Å². The molecular formula is C30H38N6O4. The lowest BCUT2D eigenvalue weighted by molar-refractivity contribution is -0.0452. The van der Waals surface area contributed by atoms with Crippen LogP contribution >= 0.6 is 0 Å². The van der Waals surface area contributed by atoms with E-state index in [4.69, 9.17) is 9.26 Å². The second-order valence-electron chi connectivity index (χ2n) is 13.1. The molecule has 5 rings (SSSR count). The van der Waals surface area contributed by atoms with Gasteiger partial charge in [-0.05, 0) is 50.5 Å². The number of ether oxygens (including phenoxy) is 1. The summed E-state index contributed by atoms with van der Waals surface area (Å²) in [6.07, 6.45) is 3.48. The molecule has 0 unspecified atom stereocenters. The SMILES string of the molecule is Cc1cc(-c2ccncc2N2CC3(CN(C(=O)OC(C)(C)C)C3)C2)ccc1CNC(=O)c1noc(C(C)(C)C)n1. The Labute approximate surface area is 235 Å². The minimum Gasteiger partial charge on any atom is -0.444 e. The molecule has 40 heavy (non-hydrogen) atoms. The number of hydrogen-bond donors (Lipinski definition) is 1. The molecule has 0 aliphatic carbocycles. The zero-order chi connectivity index (χ0) is 28.9. The molecule has 1 N–H and O–H groups in total. The molecule has 2 saturated heterocycles. The standard InChI is InChI=1S/C30H38N6O4/c1-19-12-20(8-9-21(19)13-32-25(37)24-33-26(40-34-24)28(2,3)4)22-10-11-31-14-23(22)35-15-30(16-35)17-36(18-30)27(38)39-29(5,6)7/h8-12,14H,13,15-18H2,1-7H3,(H,32,37). The van der Waals surface area contributed by atoms with Gasteiger partial charge in [0.2, 0.25) is 5.89 Å². The summed E-state index contributed by atoms with van der Waals surface area (Å²) in [4.78, 5) is 37.7. The number of anilines is 1. The highest BCUT2D eigenvalue weighted by Crippen LogP contribution is 2.44. The zero-order valence-corrected chi connectivity index (χ0v) is 24.4. The normalized spacial score (nSPS) is 16.4. The van der Waals surface area contributed by atoms with Crippen LogP contribution in [0.15, 0.2) is 41.2 Å². The Morgan fingerprint density at radius 3 is 2.42 bits per heavy atom. The van der Waals surface area contributed by atoms with E-state index in [0.29, 0.717) is 12.4 Å². The van der Waals surface area contributed by atoms with Gasteiger partial charge in [-0.25, -0.2) is 4.79 Å². The highest BCUT2D eigenvalue weighted by atomic mass is 16.6. The van der Waals surface area contributed by atoms with E-state index in [1.165, 1.54) is 0 Å². The first-order valence-corrected chi connectivity index (χ1v) is 13.6. The number of aryl methyl sites for hydroxylation is 1.